The molecule has 2 heterocycles. The smallest absolute Gasteiger partial charge is 0.129 e. The highest BCUT2D eigenvalue weighted by molar-refractivity contribution is 6.08. The monoisotopic (exact) mass is 481 g/mol. The van der Waals surface area contributed by atoms with Gasteiger partial charge in [-0.25, -0.2) is 0 Å². The molecule has 0 atom stereocenters. The fourth-order valence-corrected chi connectivity index (χ4v) is 5.48. The summed E-state index contributed by atoms with van der Waals surface area (Å²) < 4.78 is 8.82. The molecule has 0 radical (unpaired) electrons. The Hall–Kier alpha value is -4.70. The molecule has 0 bridgehead atoms. The van der Waals surface area contributed by atoms with Crippen molar-refractivity contribution in [2.24, 2.45) is 0 Å². The molecule has 1 aliphatic heterocycles. The van der Waals surface area contributed by atoms with Crippen molar-refractivity contribution in [2.45, 2.75) is 6.54 Å². The summed E-state index contributed by atoms with van der Waals surface area (Å²) in [5.74, 6) is 1.67. The van der Waals surface area contributed by atoms with Crippen LogP contribution in [0.2, 0.25) is 0 Å². The van der Waals surface area contributed by atoms with Gasteiger partial charge in [-0.05, 0) is 54.1 Å². The van der Waals surface area contributed by atoms with Crippen molar-refractivity contribution in [2.75, 3.05) is 23.5 Å². The Balaban J connectivity index is 1.24. The molecule has 0 N–H and O–H groups in total. The zero-order valence-corrected chi connectivity index (χ0v) is 20.7. The third kappa shape index (κ3) is 3.78. The summed E-state index contributed by atoms with van der Waals surface area (Å²) in [4.78, 5) is 4.59. The van der Waals surface area contributed by atoms with Crippen LogP contribution >= 0.6 is 0 Å². The number of aromatic nitrogens is 1. The topological polar surface area (TPSA) is 20.6 Å². The number of hydrogen-bond donors (Lipinski definition) is 0. The van der Waals surface area contributed by atoms with Crippen molar-refractivity contribution >= 4 is 38.9 Å². The van der Waals surface area contributed by atoms with E-state index in [1.165, 1.54) is 38.7 Å². The average Bonchev–Trinajstić information content (AvgIpc) is 3.44. The molecule has 0 aliphatic carbocycles. The maximum Gasteiger partial charge on any atom is 0.129 e. The van der Waals surface area contributed by atoms with Crippen LogP contribution in [0.15, 0.2) is 121 Å². The van der Waals surface area contributed by atoms with Crippen LogP contribution in [-0.4, -0.2) is 18.3 Å². The third-order valence-corrected chi connectivity index (χ3v) is 7.23. The zero-order chi connectivity index (χ0) is 24.8. The molecule has 1 aliphatic rings. The number of rotatable bonds is 5. The number of anilines is 3. The molecule has 4 nitrogen and oxygen atoms in total. The normalized spacial score (nSPS) is 12.9. The van der Waals surface area contributed by atoms with Crippen molar-refractivity contribution in [1.82, 2.24) is 4.57 Å². The Morgan fingerprint density at radius 3 is 2.24 bits per heavy atom. The van der Waals surface area contributed by atoms with Gasteiger partial charge in [0.05, 0.1) is 18.0 Å². The standard InChI is InChI=1S/C33H27N3O/c1-34-23-36(33-17-8-7-16-32(33)34)25-12-9-13-26(20-25)37-27-18-19-31-29(21-27)28-14-5-6-15-30(28)35(31)22-24-10-3-2-4-11-24/h2-21H,22-23H2,1H3. The third-order valence-electron chi connectivity index (χ3n) is 7.23. The molecule has 6 aromatic rings. The number of benzene rings is 5. The van der Waals surface area contributed by atoms with E-state index in [0.717, 1.165) is 30.4 Å². The lowest BCUT2D eigenvalue weighted by Gasteiger charge is -2.20. The van der Waals surface area contributed by atoms with Crippen LogP contribution in [0.5, 0.6) is 11.5 Å². The first-order valence-electron chi connectivity index (χ1n) is 12.7. The zero-order valence-electron chi connectivity index (χ0n) is 20.7. The SMILES string of the molecule is CN1CN(c2cccc(Oc3ccc4c(c3)c3ccccc3n4Cc3ccccc3)c2)c2ccccc21. The van der Waals surface area contributed by atoms with Gasteiger partial charge in [-0.15, -0.1) is 0 Å². The minimum Gasteiger partial charge on any atom is -0.457 e. The maximum absolute atomic E-state index is 6.43. The van der Waals surface area contributed by atoms with Crippen molar-refractivity contribution < 1.29 is 4.74 Å². The van der Waals surface area contributed by atoms with E-state index < -0.39 is 0 Å². The Kier molecular flexibility index (Phi) is 5.10. The summed E-state index contributed by atoms with van der Waals surface area (Å²) >= 11 is 0. The molecule has 0 fully saturated rings. The first-order chi connectivity index (χ1) is 18.2. The van der Waals surface area contributed by atoms with E-state index in [1.54, 1.807) is 0 Å². The lowest BCUT2D eigenvalue weighted by molar-refractivity contribution is 0.483. The number of nitrogens with zero attached hydrogens (tertiary/aromatic N) is 3. The molecular formula is C33H27N3O. The molecule has 0 unspecified atom stereocenters. The Labute approximate surface area is 216 Å². The number of fused-ring (bicyclic) bond motifs is 4. The highest BCUT2D eigenvalue weighted by atomic mass is 16.5. The van der Waals surface area contributed by atoms with Gasteiger partial charge in [0.15, 0.2) is 0 Å². The molecule has 0 spiro atoms. The molecule has 0 amide bonds. The van der Waals surface area contributed by atoms with Gasteiger partial charge < -0.3 is 19.1 Å². The van der Waals surface area contributed by atoms with Gasteiger partial charge in [-0.1, -0.05) is 66.7 Å². The molecule has 7 rings (SSSR count). The fourth-order valence-electron chi connectivity index (χ4n) is 5.48. The van der Waals surface area contributed by atoms with Crippen LogP contribution in [0, 0.1) is 0 Å². The Bertz CT molecular complexity index is 1740. The lowest BCUT2D eigenvalue weighted by atomic mass is 10.1. The van der Waals surface area contributed by atoms with Gasteiger partial charge in [0, 0.05) is 47.2 Å². The van der Waals surface area contributed by atoms with Crippen LogP contribution < -0.4 is 14.5 Å². The summed E-state index contributed by atoms with van der Waals surface area (Å²) in [5, 5.41) is 2.44. The van der Waals surface area contributed by atoms with Gasteiger partial charge in [0.25, 0.3) is 0 Å². The van der Waals surface area contributed by atoms with Crippen LogP contribution in [0.25, 0.3) is 21.8 Å². The number of hydrogen-bond acceptors (Lipinski definition) is 3. The summed E-state index contributed by atoms with van der Waals surface area (Å²) in [5.41, 5.74) is 7.31. The van der Waals surface area contributed by atoms with Crippen LogP contribution in [-0.2, 0) is 6.54 Å². The molecule has 4 heteroatoms. The van der Waals surface area contributed by atoms with E-state index >= 15 is 0 Å². The summed E-state index contributed by atoms with van der Waals surface area (Å²) in [6.45, 7) is 1.65. The predicted octanol–water partition coefficient (Wildman–Crippen LogP) is 8.18. The van der Waals surface area contributed by atoms with Crippen molar-refractivity contribution in [3.8, 4) is 11.5 Å². The average molecular weight is 482 g/mol. The number of ether oxygens (including phenoxy) is 1. The fraction of sp³-hybridized carbons (Fsp3) is 0.0909. The molecule has 180 valence electrons. The van der Waals surface area contributed by atoms with Crippen LogP contribution in [0.4, 0.5) is 17.1 Å². The second kappa shape index (κ2) is 8.75. The van der Waals surface area contributed by atoms with Gasteiger partial charge in [0.1, 0.15) is 11.5 Å². The molecule has 37 heavy (non-hydrogen) atoms. The van der Waals surface area contributed by atoms with E-state index in [9.17, 15) is 0 Å². The van der Waals surface area contributed by atoms with Gasteiger partial charge in [-0.3, -0.25) is 0 Å². The summed E-state index contributed by atoms with van der Waals surface area (Å²) in [7, 11) is 2.13. The summed E-state index contributed by atoms with van der Waals surface area (Å²) in [6, 6.07) is 42.6. The summed E-state index contributed by atoms with van der Waals surface area (Å²) in [6.07, 6.45) is 0. The first-order valence-corrected chi connectivity index (χ1v) is 12.7. The minimum absolute atomic E-state index is 0.815. The van der Waals surface area contributed by atoms with E-state index in [4.69, 9.17) is 4.74 Å². The molecular weight excluding hydrogens is 454 g/mol. The molecule has 0 saturated heterocycles. The van der Waals surface area contributed by atoms with E-state index in [-0.39, 0.29) is 0 Å². The van der Waals surface area contributed by atoms with Crippen molar-refractivity contribution in [1.29, 1.82) is 0 Å². The second-order valence-electron chi connectivity index (χ2n) is 9.62. The highest BCUT2D eigenvalue weighted by Crippen LogP contribution is 2.41. The van der Waals surface area contributed by atoms with Gasteiger partial charge in [-0.2, -0.15) is 0 Å². The molecule has 1 aromatic heterocycles. The predicted molar refractivity (Wildman–Crippen MR) is 153 cm³/mol. The van der Waals surface area contributed by atoms with Crippen molar-refractivity contribution in [3.05, 3.63) is 127 Å². The van der Waals surface area contributed by atoms with E-state index in [2.05, 4.69) is 137 Å². The van der Waals surface area contributed by atoms with E-state index in [0.29, 0.717) is 0 Å². The van der Waals surface area contributed by atoms with Crippen LogP contribution in [0.3, 0.4) is 0 Å². The van der Waals surface area contributed by atoms with Crippen LogP contribution in [0.1, 0.15) is 5.56 Å². The maximum atomic E-state index is 6.43. The Morgan fingerprint density at radius 1 is 0.622 bits per heavy atom. The first kappa shape index (κ1) is 21.6. The van der Waals surface area contributed by atoms with Gasteiger partial charge in [0.2, 0.25) is 0 Å². The lowest BCUT2D eigenvalue weighted by Crippen LogP contribution is -2.23. The minimum atomic E-state index is 0.815. The molecule has 5 aromatic carbocycles. The highest BCUT2D eigenvalue weighted by Gasteiger charge is 2.24. The largest absolute Gasteiger partial charge is 0.457 e. The van der Waals surface area contributed by atoms with Crippen molar-refractivity contribution in [3.63, 3.8) is 0 Å². The van der Waals surface area contributed by atoms with E-state index in [1.807, 2.05) is 6.07 Å². The Morgan fingerprint density at radius 2 is 1.35 bits per heavy atom. The quantitative estimate of drug-likeness (QED) is 0.248. The van der Waals surface area contributed by atoms with Gasteiger partial charge >= 0.3 is 0 Å². The molecule has 0 saturated carbocycles. The number of para-hydroxylation sites is 3. The second-order valence-corrected chi connectivity index (χ2v) is 9.62.